The van der Waals surface area contributed by atoms with E-state index < -0.39 is 17.3 Å². The number of nitrogens with zero attached hydrogens (tertiary/aromatic N) is 4. The maximum absolute atomic E-state index is 15.1. The smallest absolute Gasteiger partial charge is 0.350 e. The molecule has 0 radical (unpaired) electrons. The molecule has 1 saturated heterocycles. The van der Waals surface area contributed by atoms with Crippen LogP contribution in [0.4, 0.5) is 14.6 Å². The number of thioether (sulfide) groups is 1. The van der Waals surface area contributed by atoms with Crippen LogP contribution >= 0.6 is 23.4 Å². The number of carbonyl (C=O) groups is 1. The van der Waals surface area contributed by atoms with Gasteiger partial charge in [0.2, 0.25) is 5.91 Å². The summed E-state index contributed by atoms with van der Waals surface area (Å²) in [6, 6.07) is 4.69. The van der Waals surface area contributed by atoms with Crippen molar-refractivity contribution in [1.29, 1.82) is 0 Å². The van der Waals surface area contributed by atoms with Gasteiger partial charge in [-0.25, -0.2) is 13.6 Å². The lowest BCUT2D eigenvalue weighted by atomic mass is 10.0. The van der Waals surface area contributed by atoms with Crippen LogP contribution in [-0.4, -0.2) is 70.5 Å². The van der Waals surface area contributed by atoms with E-state index in [1.807, 2.05) is 18.7 Å². The number of benzene rings is 2. The van der Waals surface area contributed by atoms with Crippen LogP contribution in [0.15, 0.2) is 46.6 Å². The predicted octanol–water partition coefficient (Wildman–Crippen LogP) is 4.06. The zero-order valence-electron chi connectivity index (χ0n) is 22.2. The first kappa shape index (κ1) is 28.5. The number of carbonyl (C=O) groups excluding carboxylic acids is 1. The topological polar surface area (TPSA) is 93.7 Å². The number of anilines is 1. The van der Waals surface area contributed by atoms with Crippen LogP contribution in [0, 0.1) is 11.6 Å². The number of halogens is 3. The van der Waals surface area contributed by atoms with Crippen molar-refractivity contribution in [2.75, 3.05) is 36.9 Å². The van der Waals surface area contributed by atoms with E-state index in [1.54, 1.807) is 15.5 Å². The Balaban J connectivity index is 1.72. The van der Waals surface area contributed by atoms with Crippen LogP contribution in [0.25, 0.3) is 22.0 Å². The molecule has 2 aliphatic heterocycles. The third-order valence-electron chi connectivity index (χ3n) is 7.27. The van der Waals surface area contributed by atoms with Gasteiger partial charge in [0, 0.05) is 64.9 Å². The lowest BCUT2D eigenvalue weighted by Crippen LogP contribution is -2.58. The van der Waals surface area contributed by atoms with Crippen molar-refractivity contribution in [2.45, 2.75) is 43.5 Å². The second-order valence-electron chi connectivity index (χ2n) is 10.1. The number of rotatable bonds is 6. The van der Waals surface area contributed by atoms with E-state index in [0.717, 1.165) is 6.07 Å². The van der Waals surface area contributed by atoms with Gasteiger partial charge in [0.25, 0.3) is 0 Å². The summed E-state index contributed by atoms with van der Waals surface area (Å²) < 4.78 is 36.3. The van der Waals surface area contributed by atoms with Gasteiger partial charge >= 0.3 is 5.69 Å². The molecule has 212 valence electrons. The van der Waals surface area contributed by atoms with Crippen molar-refractivity contribution in [3.63, 3.8) is 0 Å². The number of aromatic nitrogens is 2. The molecule has 8 nitrogen and oxygen atoms in total. The lowest BCUT2D eigenvalue weighted by molar-refractivity contribution is -0.130. The molecule has 0 spiro atoms. The Bertz CT molecular complexity index is 1540. The molecule has 5 rings (SSSR count). The molecule has 3 atom stereocenters. The van der Waals surface area contributed by atoms with Crippen LogP contribution in [-0.2, 0) is 16.1 Å². The molecule has 1 amide bonds. The summed E-state index contributed by atoms with van der Waals surface area (Å²) in [4.78, 5) is 34.9. The molecule has 3 heterocycles. The fourth-order valence-corrected chi connectivity index (χ4v) is 7.30. The Hall–Kier alpha value is -2.99. The van der Waals surface area contributed by atoms with Gasteiger partial charge in [-0.3, -0.25) is 9.36 Å². The molecular weight excluding hydrogens is 560 g/mol. The van der Waals surface area contributed by atoms with E-state index in [9.17, 15) is 14.0 Å². The van der Waals surface area contributed by atoms with E-state index in [0.29, 0.717) is 59.2 Å². The Morgan fingerprint density at radius 2 is 1.98 bits per heavy atom. The average molecular weight is 590 g/mol. The van der Waals surface area contributed by atoms with Crippen molar-refractivity contribution in [3.05, 3.63) is 64.1 Å². The number of ether oxygens (including phenoxy) is 1. The van der Waals surface area contributed by atoms with Gasteiger partial charge < -0.3 is 20.3 Å². The number of amides is 1. The lowest BCUT2D eigenvalue weighted by Gasteiger charge is -2.44. The van der Waals surface area contributed by atoms with Gasteiger partial charge in [-0.1, -0.05) is 18.2 Å². The van der Waals surface area contributed by atoms with Crippen molar-refractivity contribution in [2.24, 2.45) is 5.73 Å². The fraction of sp³-hybridized carbons (Fsp3) is 0.393. The maximum Gasteiger partial charge on any atom is 0.350 e. The fourth-order valence-electron chi connectivity index (χ4n) is 5.66. The van der Waals surface area contributed by atoms with E-state index in [2.05, 4.69) is 11.6 Å². The van der Waals surface area contributed by atoms with Crippen LogP contribution in [0.1, 0.15) is 13.8 Å². The molecule has 2 aliphatic rings. The van der Waals surface area contributed by atoms with Gasteiger partial charge in [-0.2, -0.15) is 4.98 Å². The maximum atomic E-state index is 15.1. The molecule has 40 heavy (non-hydrogen) atoms. The SMILES string of the molecule is C=CC(=O)N1[C@H](C)CN(c2nc(=O)n3c4c(c(-c5ccc(F)cc5F)c(Cl)cc24)SCC(OCCN)C3)C[C@@H]1C. The van der Waals surface area contributed by atoms with Crippen LogP contribution < -0.4 is 16.3 Å². The van der Waals surface area contributed by atoms with Gasteiger partial charge in [-0.15, -0.1) is 11.8 Å². The molecule has 1 fully saturated rings. The van der Waals surface area contributed by atoms with E-state index in [4.69, 9.17) is 22.1 Å². The monoisotopic (exact) mass is 589 g/mol. The summed E-state index contributed by atoms with van der Waals surface area (Å²) in [5.41, 5.74) is 6.24. The average Bonchev–Trinajstić information content (AvgIpc) is 3.10. The Kier molecular flexibility index (Phi) is 8.19. The highest BCUT2D eigenvalue weighted by molar-refractivity contribution is 7.99. The summed E-state index contributed by atoms with van der Waals surface area (Å²) in [7, 11) is 0. The zero-order chi connectivity index (χ0) is 28.7. The first-order valence-corrected chi connectivity index (χ1v) is 14.4. The van der Waals surface area contributed by atoms with Crippen molar-refractivity contribution in [3.8, 4) is 11.1 Å². The molecule has 3 aromatic rings. The molecular formula is C28H30ClF2N5O3S. The molecule has 1 unspecified atom stereocenters. The van der Waals surface area contributed by atoms with Crippen molar-refractivity contribution in [1.82, 2.24) is 14.5 Å². The number of piperazine rings is 1. The largest absolute Gasteiger partial charge is 0.374 e. The Morgan fingerprint density at radius 1 is 1.25 bits per heavy atom. The first-order valence-electron chi connectivity index (χ1n) is 13.0. The highest BCUT2D eigenvalue weighted by Gasteiger charge is 2.35. The van der Waals surface area contributed by atoms with Gasteiger partial charge in [0.05, 0.1) is 29.8 Å². The molecule has 0 bridgehead atoms. The van der Waals surface area contributed by atoms with E-state index >= 15 is 4.39 Å². The summed E-state index contributed by atoms with van der Waals surface area (Å²) in [6.45, 7) is 9.22. The second-order valence-corrected chi connectivity index (χ2v) is 11.5. The number of hydrogen-bond donors (Lipinski definition) is 1. The van der Waals surface area contributed by atoms with Gasteiger partial charge in [0.15, 0.2) is 0 Å². The molecule has 2 aromatic carbocycles. The molecule has 1 aromatic heterocycles. The Labute approximate surface area is 239 Å². The summed E-state index contributed by atoms with van der Waals surface area (Å²) in [6.07, 6.45) is 0.947. The number of nitrogens with two attached hydrogens (primary N) is 1. The normalized spacial score (nSPS) is 21.0. The Morgan fingerprint density at radius 3 is 2.62 bits per heavy atom. The quantitative estimate of drug-likeness (QED) is 0.434. The third kappa shape index (κ3) is 5.11. The minimum atomic E-state index is -0.757. The molecule has 0 aliphatic carbocycles. The van der Waals surface area contributed by atoms with Crippen LogP contribution in [0.5, 0.6) is 0 Å². The first-order chi connectivity index (χ1) is 19.1. The zero-order valence-corrected chi connectivity index (χ0v) is 23.8. The standard InChI is InChI=1S/C28H30ClF2N5O3S/c1-4-23(37)36-15(2)11-34(12-16(36)3)27-20-10-21(29)24(19-6-5-17(30)9-22(19)31)26-25(20)35(28(38)33-27)13-18(14-40-26)39-8-7-32/h4-6,9-10,15-16,18H,1,7-8,11-14,32H2,2-3H3/t15-,16+,18?. The number of hydrogen-bond acceptors (Lipinski definition) is 7. The molecule has 0 saturated carbocycles. The van der Waals surface area contributed by atoms with E-state index in [1.165, 1.54) is 30.0 Å². The molecule has 12 heteroatoms. The van der Waals surface area contributed by atoms with Crippen molar-refractivity contribution >= 4 is 46.0 Å². The van der Waals surface area contributed by atoms with Crippen molar-refractivity contribution < 1.29 is 18.3 Å². The molecule has 2 N–H and O–H groups in total. The second kappa shape index (κ2) is 11.5. The van der Waals surface area contributed by atoms with Crippen LogP contribution in [0.3, 0.4) is 0 Å². The minimum absolute atomic E-state index is 0.133. The van der Waals surface area contributed by atoms with Gasteiger partial charge in [-0.05, 0) is 38.1 Å². The predicted molar refractivity (Wildman–Crippen MR) is 154 cm³/mol. The van der Waals surface area contributed by atoms with E-state index in [-0.39, 0.29) is 41.2 Å². The third-order valence-corrected chi connectivity index (χ3v) is 8.79. The summed E-state index contributed by atoms with van der Waals surface area (Å²) in [5, 5.41) is 0.873. The minimum Gasteiger partial charge on any atom is -0.374 e. The van der Waals surface area contributed by atoms with Crippen LogP contribution in [0.2, 0.25) is 5.02 Å². The highest BCUT2D eigenvalue weighted by Crippen LogP contribution is 2.46. The summed E-state index contributed by atoms with van der Waals surface area (Å²) >= 11 is 8.26. The highest BCUT2D eigenvalue weighted by atomic mass is 35.5. The summed E-state index contributed by atoms with van der Waals surface area (Å²) in [5.74, 6) is -0.718. The van der Waals surface area contributed by atoms with Gasteiger partial charge in [0.1, 0.15) is 17.5 Å².